The first-order valence-corrected chi connectivity index (χ1v) is 8.79. The minimum absolute atomic E-state index is 0.0803. The first-order valence-electron chi connectivity index (χ1n) is 7.18. The number of carbonyl (C=O) groups is 2. The lowest BCUT2D eigenvalue weighted by Gasteiger charge is -2.29. The van der Waals surface area contributed by atoms with Gasteiger partial charge in [0.15, 0.2) is 0 Å². The van der Waals surface area contributed by atoms with E-state index in [1.807, 2.05) is 13.8 Å². The Morgan fingerprint density at radius 3 is 2.38 bits per heavy atom. The largest absolute Gasteiger partial charge is 0.481 e. The maximum absolute atomic E-state index is 12.2. The third-order valence-corrected chi connectivity index (χ3v) is 6.60. The first kappa shape index (κ1) is 16.2. The van der Waals surface area contributed by atoms with Gasteiger partial charge in [0.25, 0.3) is 0 Å². The van der Waals surface area contributed by atoms with Crippen molar-refractivity contribution in [1.29, 1.82) is 0 Å². The van der Waals surface area contributed by atoms with Crippen LogP contribution in [0.15, 0.2) is 0 Å². The van der Waals surface area contributed by atoms with Gasteiger partial charge in [0.2, 0.25) is 15.9 Å². The van der Waals surface area contributed by atoms with Crippen molar-refractivity contribution in [3.05, 3.63) is 0 Å². The molecule has 0 aliphatic carbocycles. The second-order valence-corrected chi connectivity index (χ2v) is 8.27. The zero-order valence-electron chi connectivity index (χ0n) is 12.4. The molecule has 0 spiro atoms. The number of likely N-dealkylation sites (tertiary alicyclic amines) is 1. The lowest BCUT2D eigenvalue weighted by molar-refractivity contribution is -0.151. The fraction of sp³-hybridized carbons (Fsp3) is 0.846. The number of rotatable bonds is 4. The number of sulfonamides is 1. The number of hydrogen-bond donors (Lipinski definition) is 1. The van der Waals surface area contributed by atoms with Crippen molar-refractivity contribution < 1.29 is 23.1 Å². The molecule has 2 rings (SSSR count). The van der Waals surface area contributed by atoms with Crippen molar-refractivity contribution in [1.82, 2.24) is 9.21 Å². The van der Waals surface area contributed by atoms with Crippen LogP contribution >= 0.6 is 0 Å². The molecule has 1 N–H and O–H groups in total. The molecule has 2 heterocycles. The summed E-state index contributed by atoms with van der Waals surface area (Å²) in [6, 6.07) is 0. The zero-order chi connectivity index (χ0) is 15.8. The first-order chi connectivity index (χ1) is 9.69. The normalized spacial score (nSPS) is 29.2. The third-order valence-electron chi connectivity index (χ3n) is 4.70. The molecular weight excluding hydrogens is 296 g/mol. The van der Waals surface area contributed by atoms with Gasteiger partial charge >= 0.3 is 5.97 Å². The van der Waals surface area contributed by atoms with Gasteiger partial charge in [-0.25, -0.2) is 8.42 Å². The van der Waals surface area contributed by atoms with E-state index in [-0.39, 0.29) is 30.7 Å². The number of carbonyl (C=O) groups excluding carboxylic acids is 1. The molecule has 8 heteroatoms. The number of carboxylic acids is 1. The SMILES string of the molecule is CC(C)C1(C(=O)O)CCN(C(=O)CN2CCCS2(=O)=O)C1. The van der Waals surface area contributed by atoms with Gasteiger partial charge in [-0.3, -0.25) is 9.59 Å². The van der Waals surface area contributed by atoms with Crippen molar-refractivity contribution in [2.24, 2.45) is 11.3 Å². The Kier molecular flexibility index (Phi) is 4.30. The van der Waals surface area contributed by atoms with Crippen LogP contribution in [-0.2, 0) is 19.6 Å². The number of aliphatic carboxylic acids is 1. The summed E-state index contributed by atoms with van der Waals surface area (Å²) in [4.78, 5) is 25.3. The quantitative estimate of drug-likeness (QED) is 0.786. The van der Waals surface area contributed by atoms with Gasteiger partial charge in [0, 0.05) is 19.6 Å². The van der Waals surface area contributed by atoms with Gasteiger partial charge < -0.3 is 10.0 Å². The van der Waals surface area contributed by atoms with E-state index in [1.165, 1.54) is 9.21 Å². The fourth-order valence-electron chi connectivity index (χ4n) is 3.06. The summed E-state index contributed by atoms with van der Waals surface area (Å²) >= 11 is 0. The van der Waals surface area contributed by atoms with E-state index in [1.54, 1.807) is 0 Å². The Labute approximate surface area is 125 Å². The molecule has 0 saturated carbocycles. The molecule has 21 heavy (non-hydrogen) atoms. The summed E-state index contributed by atoms with van der Waals surface area (Å²) in [6.07, 6.45) is 0.958. The summed E-state index contributed by atoms with van der Waals surface area (Å²) in [6.45, 7) is 4.41. The van der Waals surface area contributed by atoms with E-state index in [0.717, 1.165) is 0 Å². The average molecular weight is 318 g/mol. The van der Waals surface area contributed by atoms with Crippen LogP contribution in [0.4, 0.5) is 0 Å². The number of amides is 1. The van der Waals surface area contributed by atoms with Crippen LogP contribution in [-0.4, -0.2) is 66.5 Å². The predicted octanol–water partition coefficient (Wildman–Crippen LogP) is -0.0188. The highest BCUT2D eigenvalue weighted by atomic mass is 32.2. The molecule has 0 aromatic rings. The lowest BCUT2D eigenvalue weighted by Crippen LogP contribution is -2.43. The van der Waals surface area contributed by atoms with E-state index < -0.39 is 21.4 Å². The van der Waals surface area contributed by atoms with Crippen LogP contribution in [0.5, 0.6) is 0 Å². The molecule has 1 unspecified atom stereocenters. The molecule has 2 aliphatic heterocycles. The van der Waals surface area contributed by atoms with Crippen LogP contribution in [0.25, 0.3) is 0 Å². The fourth-order valence-corrected chi connectivity index (χ4v) is 4.53. The number of hydrogen-bond acceptors (Lipinski definition) is 4. The van der Waals surface area contributed by atoms with E-state index in [2.05, 4.69) is 0 Å². The minimum Gasteiger partial charge on any atom is -0.481 e. The minimum atomic E-state index is -3.30. The lowest BCUT2D eigenvalue weighted by atomic mass is 9.76. The highest BCUT2D eigenvalue weighted by Gasteiger charge is 2.48. The molecule has 0 aromatic carbocycles. The second kappa shape index (κ2) is 5.57. The van der Waals surface area contributed by atoms with E-state index in [0.29, 0.717) is 25.9 Å². The summed E-state index contributed by atoms with van der Waals surface area (Å²) in [5, 5.41) is 9.46. The van der Waals surface area contributed by atoms with Crippen LogP contribution in [0.3, 0.4) is 0 Å². The van der Waals surface area contributed by atoms with Crippen LogP contribution in [0.1, 0.15) is 26.7 Å². The molecule has 120 valence electrons. The summed E-state index contributed by atoms with van der Waals surface area (Å²) in [5.41, 5.74) is -0.917. The summed E-state index contributed by atoms with van der Waals surface area (Å²) < 4.78 is 24.6. The van der Waals surface area contributed by atoms with Crippen LogP contribution < -0.4 is 0 Å². The zero-order valence-corrected chi connectivity index (χ0v) is 13.2. The van der Waals surface area contributed by atoms with E-state index in [4.69, 9.17) is 0 Å². The Morgan fingerprint density at radius 1 is 1.29 bits per heavy atom. The molecule has 0 radical (unpaired) electrons. The van der Waals surface area contributed by atoms with Gasteiger partial charge in [-0.15, -0.1) is 0 Å². The predicted molar refractivity (Wildman–Crippen MR) is 76.1 cm³/mol. The van der Waals surface area contributed by atoms with Gasteiger partial charge in [-0.2, -0.15) is 4.31 Å². The van der Waals surface area contributed by atoms with Crippen molar-refractivity contribution in [3.63, 3.8) is 0 Å². The topological polar surface area (TPSA) is 95.0 Å². The molecule has 2 saturated heterocycles. The number of carboxylic acid groups (broad SMARTS) is 1. The molecule has 0 aromatic heterocycles. The van der Waals surface area contributed by atoms with Crippen molar-refractivity contribution in [2.75, 3.05) is 31.9 Å². The van der Waals surface area contributed by atoms with Gasteiger partial charge in [-0.1, -0.05) is 13.8 Å². The Bertz CT molecular complexity index is 545. The second-order valence-electron chi connectivity index (χ2n) is 6.18. The maximum atomic E-state index is 12.2. The highest BCUT2D eigenvalue weighted by Crippen LogP contribution is 2.38. The molecule has 2 aliphatic rings. The molecular formula is C13H22N2O5S. The Balaban J connectivity index is 2.04. The van der Waals surface area contributed by atoms with Gasteiger partial charge in [0.05, 0.1) is 17.7 Å². The standard InChI is InChI=1S/C13H22N2O5S/c1-10(2)13(12(17)18)4-6-14(9-13)11(16)8-15-5-3-7-21(15,19)20/h10H,3-9H2,1-2H3,(H,17,18). The molecule has 1 atom stereocenters. The molecule has 7 nitrogen and oxygen atoms in total. The van der Waals surface area contributed by atoms with Gasteiger partial charge in [0.1, 0.15) is 0 Å². The summed E-state index contributed by atoms with van der Waals surface area (Å²) in [5.74, 6) is -1.18. The highest BCUT2D eigenvalue weighted by molar-refractivity contribution is 7.89. The average Bonchev–Trinajstić information content (AvgIpc) is 2.95. The molecule has 0 bridgehead atoms. The summed E-state index contributed by atoms with van der Waals surface area (Å²) in [7, 11) is -3.30. The Hall–Kier alpha value is -1.15. The van der Waals surface area contributed by atoms with E-state index in [9.17, 15) is 23.1 Å². The molecule has 2 fully saturated rings. The third kappa shape index (κ3) is 2.91. The molecule has 1 amide bonds. The van der Waals surface area contributed by atoms with Crippen molar-refractivity contribution in [2.45, 2.75) is 26.7 Å². The maximum Gasteiger partial charge on any atom is 0.311 e. The number of nitrogens with zero attached hydrogens (tertiary/aromatic N) is 2. The van der Waals surface area contributed by atoms with E-state index >= 15 is 0 Å². The smallest absolute Gasteiger partial charge is 0.311 e. The van der Waals surface area contributed by atoms with Crippen molar-refractivity contribution in [3.8, 4) is 0 Å². The van der Waals surface area contributed by atoms with Crippen LogP contribution in [0.2, 0.25) is 0 Å². The monoisotopic (exact) mass is 318 g/mol. The Morgan fingerprint density at radius 2 is 1.95 bits per heavy atom. The van der Waals surface area contributed by atoms with Crippen molar-refractivity contribution >= 4 is 21.9 Å². The van der Waals surface area contributed by atoms with Crippen LogP contribution in [0, 0.1) is 11.3 Å². The van der Waals surface area contributed by atoms with Gasteiger partial charge in [-0.05, 0) is 18.8 Å².